The van der Waals surface area contributed by atoms with Gasteiger partial charge in [-0.2, -0.15) is 0 Å². The maximum absolute atomic E-state index is 11.5. The van der Waals surface area contributed by atoms with Crippen LogP contribution in [0.4, 0.5) is 0 Å². The summed E-state index contributed by atoms with van der Waals surface area (Å²) in [5.74, 6) is -0.971. The summed E-state index contributed by atoms with van der Waals surface area (Å²) in [7, 11) is -1.14. The number of rotatable bonds is 3. The van der Waals surface area contributed by atoms with E-state index < -0.39 is 16.8 Å². The summed E-state index contributed by atoms with van der Waals surface area (Å²) in [6, 6.07) is 3.32. The van der Waals surface area contributed by atoms with Gasteiger partial charge in [0, 0.05) is 11.2 Å². The van der Waals surface area contributed by atoms with Crippen molar-refractivity contribution in [3.8, 4) is 0 Å². The van der Waals surface area contributed by atoms with Gasteiger partial charge in [-0.25, -0.2) is 4.79 Å². The van der Waals surface area contributed by atoms with Crippen molar-refractivity contribution in [2.75, 3.05) is 6.26 Å². The first-order valence-corrected chi connectivity index (χ1v) is 6.24. The second-order valence-corrected chi connectivity index (χ2v) is 4.66. The van der Waals surface area contributed by atoms with Crippen LogP contribution in [0.1, 0.15) is 28.4 Å². The standard InChI is InChI=1S/C11H14O3S/c1-4-8-5-6-9(11(12)13)7(2)10(8)15(3)14/h5-6H,4H2,1-3H3,(H,12,13)/t15-/m0/s1. The zero-order chi connectivity index (χ0) is 11.6. The Balaban J connectivity index is 3.49. The number of aromatic carboxylic acids is 1. The van der Waals surface area contributed by atoms with Crippen molar-refractivity contribution in [3.05, 3.63) is 28.8 Å². The van der Waals surface area contributed by atoms with Crippen molar-refractivity contribution in [2.45, 2.75) is 25.2 Å². The second kappa shape index (κ2) is 4.57. The van der Waals surface area contributed by atoms with E-state index in [0.29, 0.717) is 10.5 Å². The monoisotopic (exact) mass is 226 g/mol. The molecule has 1 atom stereocenters. The summed E-state index contributed by atoms with van der Waals surface area (Å²) in [4.78, 5) is 11.6. The summed E-state index contributed by atoms with van der Waals surface area (Å²) in [5, 5.41) is 8.94. The van der Waals surface area contributed by atoms with Crippen LogP contribution in [0.15, 0.2) is 17.0 Å². The zero-order valence-electron chi connectivity index (χ0n) is 9.03. The van der Waals surface area contributed by atoms with Crippen molar-refractivity contribution >= 4 is 16.8 Å². The first-order chi connectivity index (χ1) is 6.99. The van der Waals surface area contributed by atoms with E-state index in [4.69, 9.17) is 5.11 Å². The van der Waals surface area contributed by atoms with E-state index >= 15 is 0 Å². The van der Waals surface area contributed by atoms with Crippen LogP contribution in [0, 0.1) is 6.92 Å². The first-order valence-electron chi connectivity index (χ1n) is 4.68. The average Bonchev–Trinajstić information content (AvgIpc) is 2.15. The summed E-state index contributed by atoms with van der Waals surface area (Å²) in [6.07, 6.45) is 2.34. The van der Waals surface area contributed by atoms with Gasteiger partial charge in [-0.05, 0) is 30.5 Å². The Kier molecular flexibility index (Phi) is 3.63. The van der Waals surface area contributed by atoms with Crippen LogP contribution >= 0.6 is 0 Å². The van der Waals surface area contributed by atoms with E-state index in [9.17, 15) is 9.00 Å². The fourth-order valence-electron chi connectivity index (χ4n) is 1.66. The highest BCUT2D eigenvalue weighted by Crippen LogP contribution is 2.22. The van der Waals surface area contributed by atoms with Crippen LogP contribution in [0.5, 0.6) is 0 Å². The van der Waals surface area contributed by atoms with Gasteiger partial charge in [0.2, 0.25) is 0 Å². The number of carboxylic acid groups (broad SMARTS) is 1. The Morgan fingerprint density at radius 3 is 2.47 bits per heavy atom. The molecule has 0 amide bonds. The first kappa shape index (κ1) is 11.9. The largest absolute Gasteiger partial charge is 0.478 e. The van der Waals surface area contributed by atoms with Crippen molar-refractivity contribution < 1.29 is 14.1 Å². The fourth-order valence-corrected chi connectivity index (χ4v) is 2.78. The molecule has 15 heavy (non-hydrogen) atoms. The molecule has 0 spiro atoms. The highest BCUT2D eigenvalue weighted by Gasteiger charge is 2.15. The molecule has 0 aliphatic heterocycles. The van der Waals surface area contributed by atoms with Crippen LogP contribution in [0.25, 0.3) is 0 Å². The highest BCUT2D eigenvalue weighted by atomic mass is 32.2. The molecule has 0 saturated carbocycles. The van der Waals surface area contributed by atoms with E-state index in [1.807, 2.05) is 6.92 Å². The third kappa shape index (κ3) is 2.26. The van der Waals surface area contributed by atoms with E-state index in [1.54, 1.807) is 25.3 Å². The number of hydrogen-bond acceptors (Lipinski definition) is 2. The van der Waals surface area contributed by atoms with Crippen molar-refractivity contribution in [1.82, 2.24) is 0 Å². The summed E-state index contributed by atoms with van der Waals surface area (Å²) >= 11 is 0. The Labute approximate surface area is 91.6 Å². The molecule has 0 aromatic heterocycles. The average molecular weight is 226 g/mol. The van der Waals surface area contributed by atoms with E-state index in [0.717, 1.165) is 12.0 Å². The Bertz CT molecular complexity index is 424. The lowest BCUT2D eigenvalue weighted by Gasteiger charge is -2.11. The lowest BCUT2D eigenvalue weighted by molar-refractivity contribution is 0.0696. The molecule has 0 bridgehead atoms. The maximum Gasteiger partial charge on any atom is 0.335 e. The van der Waals surface area contributed by atoms with Gasteiger partial charge in [-0.15, -0.1) is 0 Å². The predicted molar refractivity (Wildman–Crippen MR) is 59.8 cm³/mol. The topological polar surface area (TPSA) is 54.4 Å². The van der Waals surface area contributed by atoms with Crippen LogP contribution in [0.2, 0.25) is 0 Å². The number of aryl methyl sites for hydroxylation is 1. The van der Waals surface area contributed by atoms with Crippen LogP contribution < -0.4 is 0 Å². The molecule has 0 saturated heterocycles. The fraction of sp³-hybridized carbons (Fsp3) is 0.364. The summed E-state index contributed by atoms with van der Waals surface area (Å²) in [5.41, 5.74) is 1.80. The zero-order valence-corrected chi connectivity index (χ0v) is 9.85. The van der Waals surface area contributed by atoms with Crippen LogP contribution in [0.3, 0.4) is 0 Å². The van der Waals surface area contributed by atoms with E-state index in [1.165, 1.54) is 0 Å². The minimum absolute atomic E-state index is 0.234. The molecule has 1 rings (SSSR count). The second-order valence-electron chi connectivity index (χ2n) is 3.34. The normalized spacial score (nSPS) is 12.5. The third-order valence-corrected chi connectivity index (χ3v) is 3.53. The van der Waals surface area contributed by atoms with E-state index in [-0.39, 0.29) is 5.56 Å². The van der Waals surface area contributed by atoms with E-state index in [2.05, 4.69) is 0 Å². The van der Waals surface area contributed by atoms with Crippen molar-refractivity contribution in [2.24, 2.45) is 0 Å². The van der Waals surface area contributed by atoms with Gasteiger partial charge < -0.3 is 5.11 Å². The number of hydrogen-bond donors (Lipinski definition) is 1. The molecule has 3 nitrogen and oxygen atoms in total. The molecule has 82 valence electrons. The molecule has 0 unspecified atom stereocenters. The Morgan fingerprint density at radius 1 is 1.47 bits per heavy atom. The maximum atomic E-state index is 11.5. The van der Waals surface area contributed by atoms with Gasteiger partial charge in [-0.3, -0.25) is 4.21 Å². The SMILES string of the molecule is CCc1ccc(C(=O)O)c(C)c1[S@](C)=O. The highest BCUT2D eigenvalue weighted by molar-refractivity contribution is 7.84. The van der Waals surface area contributed by atoms with Gasteiger partial charge in [-0.1, -0.05) is 13.0 Å². The predicted octanol–water partition coefficient (Wildman–Crippen LogP) is 1.99. The van der Waals surface area contributed by atoms with Gasteiger partial charge in [0.25, 0.3) is 0 Å². The third-order valence-electron chi connectivity index (χ3n) is 2.39. The van der Waals surface area contributed by atoms with Gasteiger partial charge in [0.1, 0.15) is 0 Å². The molecule has 4 heteroatoms. The molecule has 0 aliphatic carbocycles. The van der Waals surface area contributed by atoms with Gasteiger partial charge >= 0.3 is 5.97 Å². The summed E-state index contributed by atoms with van der Waals surface area (Å²) < 4.78 is 11.5. The lowest BCUT2D eigenvalue weighted by Crippen LogP contribution is -2.06. The Hall–Kier alpha value is -1.16. The number of carboxylic acids is 1. The van der Waals surface area contributed by atoms with Gasteiger partial charge in [0.05, 0.1) is 16.4 Å². The van der Waals surface area contributed by atoms with Crippen LogP contribution in [-0.4, -0.2) is 21.5 Å². The molecule has 1 aromatic rings. The molecular formula is C11H14O3S. The molecule has 0 heterocycles. The minimum atomic E-state index is -1.14. The molecule has 0 aliphatic rings. The van der Waals surface area contributed by atoms with Crippen molar-refractivity contribution in [1.29, 1.82) is 0 Å². The smallest absolute Gasteiger partial charge is 0.335 e. The minimum Gasteiger partial charge on any atom is -0.478 e. The number of carbonyl (C=O) groups is 1. The molecule has 0 radical (unpaired) electrons. The lowest BCUT2D eigenvalue weighted by atomic mass is 10.0. The van der Waals surface area contributed by atoms with Crippen molar-refractivity contribution in [3.63, 3.8) is 0 Å². The van der Waals surface area contributed by atoms with Gasteiger partial charge in [0.15, 0.2) is 0 Å². The van der Waals surface area contributed by atoms with Crippen LogP contribution in [-0.2, 0) is 17.2 Å². The Morgan fingerprint density at radius 2 is 2.07 bits per heavy atom. The molecule has 0 fully saturated rings. The number of benzene rings is 1. The molecule has 1 N–H and O–H groups in total. The molecular weight excluding hydrogens is 212 g/mol. The molecule has 1 aromatic carbocycles. The summed E-state index contributed by atoms with van der Waals surface area (Å²) in [6.45, 7) is 3.67. The quantitative estimate of drug-likeness (QED) is 0.857.